The van der Waals surface area contributed by atoms with Gasteiger partial charge in [-0.25, -0.2) is 0 Å². The number of halogens is 2. The molecule has 0 saturated carbocycles. The van der Waals surface area contributed by atoms with Crippen molar-refractivity contribution in [3.05, 3.63) is 69.7 Å². The predicted molar refractivity (Wildman–Crippen MR) is 80.3 cm³/mol. The van der Waals surface area contributed by atoms with Gasteiger partial charge in [-0.2, -0.15) is 0 Å². The average Bonchev–Trinajstić information content (AvgIpc) is 2.47. The van der Waals surface area contributed by atoms with Crippen molar-refractivity contribution >= 4 is 23.2 Å². The molecule has 2 unspecified atom stereocenters. The first-order valence-electron chi connectivity index (χ1n) is 6.46. The fraction of sp³-hybridized carbons (Fsp3) is 0.250. The monoisotopic (exact) mass is 308 g/mol. The van der Waals surface area contributed by atoms with Crippen molar-refractivity contribution in [1.82, 2.24) is 0 Å². The van der Waals surface area contributed by atoms with Crippen molar-refractivity contribution in [2.45, 2.75) is 12.2 Å². The van der Waals surface area contributed by atoms with Gasteiger partial charge in [-0.15, -0.1) is 0 Å². The highest BCUT2D eigenvalue weighted by atomic mass is 35.5. The Balaban J connectivity index is 1.68. The van der Waals surface area contributed by atoms with Crippen LogP contribution in [-0.4, -0.2) is 13.2 Å². The smallest absolute Gasteiger partial charge is 0.106 e. The predicted octanol–water partition coefficient (Wildman–Crippen LogP) is 4.82. The summed E-state index contributed by atoms with van der Waals surface area (Å²) in [5, 5.41) is 1.42. The largest absolute Gasteiger partial charge is 0.368 e. The van der Waals surface area contributed by atoms with Gasteiger partial charge in [0.1, 0.15) is 12.2 Å². The standard InChI is InChI=1S/C16H14Cl2O2/c17-13-5-1-3-11(7-13)15-9-20-16(10-19-15)12-4-2-6-14(18)8-12/h1-8,15-16H,9-10H2. The first-order chi connectivity index (χ1) is 9.72. The van der Waals surface area contributed by atoms with E-state index in [0.717, 1.165) is 11.1 Å². The highest BCUT2D eigenvalue weighted by molar-refractivity contribution is 6.30. The van der Waals surface area contributed by atoms with E-state index in [1.54, 1.807) is 0 Å². The second kappa shape index (κ2) is 6.15. The molecular weight excluding hydrogens is 295 g/mol. The minimum atomic E-state index is -0.0656. The summed E-state index contributed by atoms with van der Waals surface area (Å²) >= 11 is 12.0. The van der Waals surface area contributed by atoms with Gasteiger partial charge >= 0.3 is 0 Å². The van der Waals surface area contributed by atoms with Gasteiger partial charge in [-0.3, -0.25) is 0 Å². The SMILES string of the molecule is Clc1cccc(C2COC(c3cccc(Cl)c3)CO2)c1. The molecule has 0 spiro atoms. The highest BCUT2D eigenvalue weighted by Crippen LogP contribution is 2.31. The second-order valence-corrected chi connectivity index (χ2v) is 5.63. The van der Waals surface area contributed by atoms with Crippen LogP contribution in [0.3, 0.4) is 0 Å². The van der Waals surface area contributed by atoms with Gasteiger partial charge in [0, 0.05) is 10.0 Å². The van der Waals surface area contributed by atoms with Gasteiger partial charge in [0.15, 0.2) is 0 Å². The molecule has 2 atom stereocenters. The Morgan fingerprint density at radius 2 is 1.20 bits per heavy atom. The molecule has 2 aromatic carbocycles. The van der Waals surface area contributed by atoms with Crippen molar-refractivity contribution < 1.29 is 9.47 Å². The molecule has 0 bridgehead atoms. The molecule has 0 aliphatic carbocycles. The molecule has 104 valence electrons. The molecule has 0 N–H and O–H groups in total. The summed E-state index contributed by atoms with van der Waals surface area (Å²) < 4.78 is 11.8. The van der Waals surface area contributed by atoms with Crippen LogP contribution in [0.5, 0.6) is 0 Å². The van der Waals surface area contributed by atoms with Crippen LogP contribution in [0, 0.1) is 0 Å². The number of rotatable bonds is 2. The maximum Gasteiger partial charge on any atom is 0.106 e. The molecule has 4 heteroatoms. The van der Waals surface area contributed by atoms with Crippen molar-refractivity contribution in [1.29, 1.82) is 0 Å². The highest BCUT2D eigenvalue weighted by Gasteiger charge is 2.24. The van der Waals surface area contributed by atoms with E-state index in [-0.39, 0.29) is 12.2 Å². The number of benzene rings is 2. The van der Waals surface area contributed by atoms with E-state index in [1.165, 1.54) is 0 Å². The molecule has 20 heavy (non-hydrogen) atoms. The van der Waals surface area contributed by atoms with Gasteiger partial charge < -0.3 is 9.47 Å². The summed E-state index contributed by atoms with van der Waals surface area (Å²) in [7, 11) is 0. The van der Waals surface area contributed by atoms with Crippen LogP contribution in [0.1, 0.15) is 23.3 Å². The third kappa shape index (κ3) is 3.15. The van der Waals surface area contributed by atoms with Gasteiger partial charge in [0.05, 0.1) is 13.2 Å². The first kappa shape index (κ1) is 13.9. The molecule has 0 radical (unpaired) electrons. The van der Waals surface area contributed by atoms with E-state index in [9.17, 15) is 0 Å². The van der Waals surface area contributed by atoms with E-state index in [1.807, 2.05) is 48.5 Å². The third-order valence-corrected chi connectivity index (χ3v) is 3.81. The van der Waals surface area contributed by atoms with E-state index >= 15 is 0 Å². The van der Waals surface area contributed by atoms with E-state index in [2.05, 4.69) is 0 Å². The molecule has 1 aliphatic rings. The van der Waals surface area contributed by atoms with Crippen LogP contribution < -0.4 is 0 Å². The van der Waals surface area contributed by atoms with Crippen molar-refractivity contribution in [2.24, 2.45) is 0 Å². The Labute approximate surface area is 128 Å². The zero-order valence-electron chi connectivity index (χ0n) is 10.8. The van der Waals surface area contributed by atoms with Crippen LogP contribution in [0.15, 0.2) is 48.5 Å². The zero-order valence-corrected chi connectivity index (χ0v) is 12.3. The maximum absolute atomic E-state index is 6.00. The fourth-order valence-corrected chi connectivity index (χ4v) is 2.70. The third-order valence-electron chi connectivity index (χ3n) is 3.34. The van der Waals surface area contributed by atoms with Crippen LogP contribution >= 0.6 is 23.2 Å². The maximum atomic E-state index is 6.00. The minimum absolute atomic E-state index is 0.0656. The Bertz CT molecular complexity index is 539. The van der Waals surface area contributed by atoms with E-state index < -0.39 is 0 Å². The summed E-state index contributed by atoms with van der Waals surface area (Å²) in [5.41, 5.74) is 2.09. The van der Waals surface area contributed by atoms with Crippen molar-refractivity contribution in [3.63, 3.8) is 0 Å². The molecule has 0 aromatic heterocycles. The number of ether oxygens (including phenoxy) is 2. The van der Waals surface area contributed by atoms with Crippen LogP contribution in [-0.2, 0) is 9.47 Å². The summed E-state index contributed by atoms with van der Waals surface area (Å²) in [6, 6.07) is 15.4. The lowest BCUT2D eigenvalue weighted by Crippen LogP contribution is -2.25. The lowest BCUT2D eigenvalue weighted by atomic mass is 10.1. The average molecular weight is 309 g/mol. The summed E-state index contributed by atoms with van der Waals surface area (Å²) in [4.78, 5) is 0. The summed E-state index contributed by atoms with van der Waals surface area (Å²) in [6.07, 6.45) is -0.131. The second-order valence-electron chi connectivity index (χ2n) is 4.75. The Morgan fingerprint density at radius 1 is 0.750 bits per heavy atom. The summed E-state index contributed by atoms with van der Waals surface area (Å²) in [6.45, 7) is 1.02. The van der Waals surface area contributed by atoms with Crippen LogP contribution in [0.2, 0.25) is 10.0 Å². The molecule has 1 saturated heterocycles. The van der Waals surface area contributed by atoms with Gasteiger partial charge in [0.2, 0.25) is 0 Å². The minimum Gasteiger partial charge on any atom is -0.368 e. The number of hydrogen-bond acceptors (Lipinski definition) is 2. The lowest BCUT2D eigenvalue weighted by molar-refractivity contribution is -0.137. The van der Waals surface area contributed by atoms with Crippen molar-refractivity contribution in [3.8, 4) is 0 Å². The molecule has 1 fully saturated rings. The Kier molecular flexibility index (Phi) is 4.27. The Morgan fingerprint density at radius 3 is 1.55 bits per heavy atom. The molecule has 2 nitrogen and oxygen atoms in total. The molecule has 0 amide bonds. The molecule has 1 heterocycles. The first-order valence-corrected chi connectivity index (χ1v) is 7.22. The normalized spacial score (nSPS) is 22.7. The van der Waals surface area contributed by atoms with Crippen molar-refractivity contribution in [2.75, 3.05) is 13.2 Å². The van der Waals surface area contributed by atoms with Crippen LogP contribution in [0.4, 0.5) is 0 Å². The molecular formula is C16H14Cl2O2. The van der Waals surface area contributed by atoms with E-state index in [4.69, 9.17) is 32.7 Å². The van der Waals surface area contributed by atoms with E-state index in [0.29, 0.717) is 23.3 Å². The molecule has 2 aromatic rings. The fourth-order valence-electron chi connectivity index (χ4n) is 2.30. The zero-order chi connectivity index (χ0) is 13.9. The van der Waals surface area contributed by atoms with Gasteiger partial charge in [-0.1, -0.05) is 47.5 Å². The van der Waals surface area contributed by atoms with Gasteiger partial charge in [0.25, 0.3) is 0 Å². The lowest BCUT2D eigenvalue weighted by Gasteiger charge is -2.30. The topological polar surface area (TPSA) is 18.5 Å². The van der Waals surface area contributed by atoms with Gasteiger partial charge in [-0.05, 0) is 35.4 Å². The Hall–Kier alpha value is -1.06. The quantitative estimate of drug-likeness (QED) is 0.791. The number of hydrogen-bond donors (Lipinski definition) is 0. The molecule has 1 aliphatic heterocycles. The summed E-state index contributed by atoms with van der Waals surface area (Å²) in [5.74, 6) is 0. The van der Waals surface area contributed by atoms with Crippen LogP contribution in [0.25, 0.3) is 0 Å². The molecule has 3 rings (SSSR count).